The molecular formula is C34H40F2N4O4. The monoisotopic (exact) mass is 606 g/mol. The summed E-state index contributed by atoms with van der Waals surface area (Å²) in [7, 11) is 0. The summed E-state index contributed by atoms with van der Waals surface area (Å²) < 4.78 is 28.1. The predicted octanol–water partition coefficient (Wildman–Crippen LogP) is 4.20. The zero-order chi connectivity index (χ0) is 31.8. The fraction of sp³-hybridized carbons (Fsp3) is 0.382. The van der Waals surface area contributed by atoms with Gasteiger partial charge in [-0.2, -0.15) is 0 Å². The lowest BCUT2D eigenvalue weighted by Crippen LogP contribution is -2.54. The zero-order valence-corrected chi connectivity index (χ0v) is 25.4. The molecule has 3 atom stereocenters. The van der Waals surface area contributed by atoms with Crippen LogP contribution in [-0.2, 0) is 17.8 Å². The Hall–Kier alpha value is -4.15. The number of rotatable bonds is 13. The molecule has 4 rings (SSSR count). The van der Waals surface area contributed by atoms with Crippen molar-refractivity contribution in [2.45, 2.75) is 64.8 Å². The molecule has 0 spiro atoms. The number of amides is 3. The van der Waals surface area contributed by atoms with Gasteiger partial charge in [-0.25, -0.2) is 8.78 Å². The van der Waals surface area contributed by atoms with Crippen LogP contribution < -0.4 is 10.6 Å². The molecule has 3 amide bonds. The second-order valence-corrected chi connectivity index (χ2v) is 11.3. The molecule has 0 aliphatic carbocycles. The van der Waals surface area contributed by atoms with Gasteiger partial charge in [-0.15, -0.1) is 0 Å². The zero-order valence-electron chi connectivity index (χ0n) is 25.4. The summed E-state index contributed by atoms with van der Waals surface area (Å²) in [5, 5.41) is 17.3. The van der Waals surface area contributed by atoms with E-state index in [0.29, 0.717) is 30.8 Å². The lowest BCUT2D eigenvalue weighted by atomic mass is 9.95. The Kier molecular flexibility index (Phi) is 11.2. The van der Waals surface area contributed by atoms with Gasteiger partial charge >= 0.3 is 0 Å². The highest BCUT2D eigenvalue weighted by Crippen LogP contribution is 2.19. The molecule has 1 fully saturated rings. The first kappa shape index (κ1) is 32.8. The number of nitrogens with one attached hydrogen (secondary N) is 2. The smallest absolute Gasteiger partial charge is 0.253 e. The van der Waals surface area contributed by atoms with Gasteiger partial charge in [-0.1, -0.05) is 44.2 Å². The molecule has 0 radical (unpaired) electrons. The molecule has 1 unspecified atom stereocenters. The molecule has 234 valence electrons. The number of halogens is 2. The van der Waals surface area contributed by atoms with Crippen LogP contribution in [0, 0.1) is 18.6 Å². The van der Waals surface area contributed by atoms with Gasteiger partial charge in [0.1, 0.15) is 17.7 Å². The minimum atomic E-state index is -1.44. The highest BCUT2D eigenvalue weighted by molar-refractivity contribution is 6.00. The van der Waals surface area contributed by atoms with Crippen molar-refractivity contribution in [3.63, 3.8) is 0 Å². The van der Waals surface area contributed by atoms with Crippen molar-refractivity contribution < 1.29 is 28.3 Å². The molecular weight excluding hydrogens is 566 g/mol. The quantitative estimate of drug-likeness (QED) is 0.271. The van der Waals surface area contributed by atoms with Crippen molar-refractivity contribution in [2.75, 3.05) is 19.8 Å². The minimum Gasteiger partial charge on any atom is -0.389 e. The number of hydrogen-bond donors (Lipinski definition) is 3. The first-order valence-corrected chi connectivity index (χ1v) is 15.0. The molecule has 1 aliphatic heterocycles. The van der Waals surface area contributed by atoms with Crippen molar-refractivity contribution in [3.8, 4) is 0 Å². The summed E-state index contributed by atoms with van der Waals surface area (Å²) in [6.07, 6.45) is 0.00224. The second kappa shape index (κ2) is 15.0. The summed E-state index contributed by atoms with van der Waals surface area (Å²) in [5.74, 6) is -2.73. The van der Waals surface area contributed by atoms with Crippen molar-refractivity contribution in [1.29, 1.82) is 0 Å². The van der Waals surface area contributed by atoms with E-state index in [1.54, 1.807) is 28.9 Å². The molecule has 3 aromatic carbocycles. The summed E-state index contributed by atoms with van der Waals surface area (Å²) in [5.41, 5.74) is 2.38. The van der Waals surface area contributed by atoms with Gasteiger partial charge in [0.2, 0.25) is 5.91 Å². The number of nitrogens with zero attached hydrogens (tertiary/aromatic N) is 2. The minimum absolute atomic E-state index is 0.149. The van der Waals surface area contributed by atoms with Crippen molar-refractivity contribution in [3.05, 3.63) is 106 Å². The number of hydrogen-bond acceptors (Lipinski definition) is 5. The molecule has 10 heteroatoms. The van der Waals surface area contributed by atoms with Crippen molar-refractivity contribution in [1.82, 2.24) is 20.4 Å². The number of carbonyl (C=O) groups is 3. The molecule has 8 nitrogen and oxygen atoms in total. The van der Waals surface area contributed by atoms with Crippen LogP contribution in [0.2, 0.25) is 0 Å². The van der Waals surface area contributed by atoms with Gasteiger partial charge in [0.25, 0.3) is 11.8 Å². The van der Waals surface area contributed by atoms with Crippen LogP contribution in [-0.4, -0.2) is 70.6 Å². The lowest BCUT2D eigenvalue weighted by molar-refractivity contribution is -0.131. The van der Waals surface area contributed by atoms with E-state index < -0.39 is 35.7 Å². The Morgan fingerprint density at radius 1 is 0.977 bits per heavy atom. The topological polar surface area (TPSA) is 102 Å². The third-order valence-electron chi connectivity index (χ3n) is 7.61. The lowest BCUT2D eigenvalue weighted by Gasteiger charge is -2.28. The van der Waals surface area contributed by atoms with Gasteiger partial charge in [-0.3, -0.25) is 19.7 Å². The first-order chi connectivity index (χ1) is 21.1. The third-order valence-corrected chi connectivity index (χ3v) is 7.61. The number of benzene rings is 3. The van der Waals surface area contributed by atoms with Crippen LogP contribution in [0.15, 0.2) is 66.7 Å². The van der Waals surface area contributed by atoms with E-state index in [1.807, 2.05) is 44.2 Å². The fourth-order valence-corrected chi connectivity index (χ4v) is 5.57. The Morgan fingerprint density at radius 2 is 1.61 bits per heavy atom. The van der Waals surface area contributed by atoms with Gasteiger partial charge in [-0.05, 0) is 73.2 Å². The molecule has 1 heterocycles. The van der Waals surface area contributed by atoms with E-state index in [4.69, 9.17) is 0 Å². The number of aliphatic hydroxyl groups is 1. The maximum atomic E-state index is 14.1. The average Bonchev–Trinajstić information content (AvgIpc) is 3.34. The van der Waals surface area contributed by atoms with E-state index in [1.165, 1.54) is 6.07 Å². The van der Waals surface area contributed by atoms with Crippen LogP contribution >= 0.6 is 0 Å². The second-order valence-electron chi connectivity index (χ2n) is 11.3. The van der Waals surface area contributed by atoms with E-state index in [9.17, 15) is 28.3 Å². The highest BCUT2D eigenvalue weighted by Gasteiger charge is 2.40. The molecule has 0 bridgehead atoms. The van der Waals surface area contributed by atoms with Gasteiger partial charge in [0.15, 0.2) is 0 Å². The Morgan fingerprint density at radius 3 is 2.25 bits per heavy atom. The molecule has 44 heavy (non-hydrogen) atoms. The molecule has 3 N–H and O–H groups in total. The van der Waals surface area contributed by atoms with Crippen LogP contribution in [0.3, 0.4) is 0 Å². The van der Waals surface area contributed by atoms with Crippen LogP contribution in [0.5, 0.6) is 0 Å². The Labute approximate surface area is 257 Å². The molecule has 0 saturated carbocycles. The molecule has 1 aliphatic rings. The number of aliphatic hydroxyl groups excluding tert-OH is 1. The Balaban J connectivity index is 1.58. The third kappa shape index (κ3) is 8.27. The summed E-state index contributed by atoms with van der Waals surface area (Å²) >= 11 is 0. The summed E-state index contributed by atoms with van der Waals surface area (Å²) in [6.45, 7) is 7.45. The first-order valence-electron chi connectivity index (χ1n) is 15.0. The van der Waals surface area contributed by atoms with Crippen LogP contribution in [0.1, 0.15) is 64.1 Å². The Bertz CT molecular complexity index is 1440. The van der Waals surface area contributed by atoms with Crippen LogP contribution in [0.25, 0.3) is 0 Å². The molecule has 3 aromatic rings. The fourth-order valence-electron chi connectivity index (χ4n) is 5.57. The number of carbonyl (C=O) groups excluding carboxylic acids is 3. The van der Waals surface area contributed by atoms with E-state index >= 15 is 0 Å². The summed E-state index contributed by atoms with van der Waals surface area (Å²) in [4.78, 5) is 43.6. The standard InChI is InChI=1S/C34H40F2N4O4/c1-4-11-39(12-5-2)33(43)26-14-22(3)13-25(18-26)32(42)38-29(17-24-15-27(35)19-28(36)16-24)31(41)30-34(44)40(21-37-30)20-23-9-7-6-8-10-23/h6-10,13-16,18-19,29-31,37,41H,4-5,11-12,17,20-21H2,1-3H3,(H,38,42)/t29-,30?,31-/m0/s1. The number of aryl methyl sites for hydroxylation is 1. The maximum Gasteiger partial charge on any atom is 0.253 e. The predicted molar refractivity (Wildman–Crippen MR) is 164 cm³/mol. The highest BCUT2D eigenvalue weighted by atomic mass is 19.1. The van der Waals surface area contributed by atoms with Crippen molar-refractivity contribution in [2.24, 2.45) is 0 Å². The molecule has 1 saturated heterocycles. The largest absolute Gasteiger partial charge is 0.389 e. The van der Waals surface area contributed by atoms with E-state index in [2.05, 4.69) is 10.6 Å². The van der Waals surface area contributed by atoms with Crippen LogP contribution in [0.4, 0.5) is 8.78 Å². The SMILES string of the molecule is CCCN(CCC)C(=O)c1cc(C)cc(C(=O)N[C@@H](Cc2cc(F)cc(F)c2)[C@H](O)C2NCN(Cc3ccccc3)C2=O)c1. The van der Waals surface area contributed by atoms with Gasteiger partial charge in [0, 0.05) is 36.8 Å². The summed E-state index contributed by atoms with van der Waals surface area (Å²) in [6, 6.07) is 15.1. The maximum absolute atomic E-state index is 14.1. The molecule has 0 aromatic heterocycles. The van der Waals surface area contributed by atoms with Gasteiger partial charge in [0.05, 0.1) is 18.8 Å². The average molecular weight is 607 g/mol. The van der Waals surface area contributed by atoms with Gasteiger partial charge < -0.3 is 20.2 Å². The van der Waals surface area contributed by atoms with E-state index in [-0.39, 0.29) is 36.0 Å². The normalized spacial score (nSPS) is 16.1. The van der Waals surface area contributed by atoms with E-state index in [0.717, 1.165) is 36.6 Å². The van der Waals surface area contributed by atoms with Crippen molar-refractivity contribution >= 4 is 17.7 Å².